The van der Waals surface area contributed by atoms with Crippen LogP contribution in [0.2, 0.25) is 0 Å². The average molecular weight is 346 g/mol. The van der Waals surface area contributed by atoms with Gasteiger partial charge in [-0.2, -0.15) is 0 Å². The molecule has 0 heterocycles. The largest absolute Gasteiger partial charge is 0.0791 e. The van der Waals surface area contributed by atoms with Gasteiger partial charge in [-0.15, -0.1) is 0 Å². The molecule has 0 amide bonds. The second kappa shape index (κ2) is 4.62. The number of rotatable bonds is 0. The first kappa shape index (κ1) is 14.5. The van der Waals surface area contributed by atoms with Gasteiger partial charge in [0.1, 0.15) is 0 Å². The molecule has 0 nitrogen and oxygen atoms in total. The van der Waals surface area contributed by atoms with E-state index in [1.165, 1.54) is 19.3 Å². The van der Waals surface area contributed by atoms with Gasteiger partial charge in [0.2, 0.25) is 0 Å². The fraction of sp³-hybridized carbons (Fsp3) is 0.259. The molecule has 1 saturated carbocycles. The smallest absolute Gasteiger partial charge is 0.0340 e. The van der Waals surface area contributed by atoms with E-state index < -0.39 is 0 Å². The SMILES string of the molecule is C1=C[C@]23CCCC24c2ccccc2C(c2ccccc24)[C@H]1c1ccccc13. The lowest BCUT2D eigenvalue weighted by Gasteiger charge is -2.57. The summed E-state index contributed by atoms with van der Waals surface area (Å²) in [6, 6.07) is 28.1. The third kappa shape index (κ3) is 1.40. The molecule has 3 aromatic rings. The molecule has 1 fully saturated rings. The maximum Gasteiger partial charge on any atom is 0.0340 e. The van der Waals surface area contributed by atoms with E-state index in [4.69, 9.17) is 0 Å². The highest BCUT2D eigenvalue weighted by Crippen LogP contribution is 2.70. The highest BCUT2D eigenvalue weighted by Gasteiger charge is 2.63. The third-order valence-electron chi connectivity index (χ3n) is 8.14. The van der Waals surface area contributed by atoms with E-state index in [1.54, 1.807) is 33.4 Å². The highest BCUT2D eigenvalue weighted by atomic mass is 14.6. The van der Waals surface area contributed by atoms with E-state index in [9.17, 15) is 0 Å². The standard InChI is InChI=1S/C27H22/c1-4-11-22-18(8-1)19-14-17-26(22)15-7-16-27(26)23-12-5-2-9-20(23)25(19)21-10-3-6-13-24(21)27/h1-6,8-14,17,19,25H,7,15-16H2/t19-,25?,26+,27?/m1/s1. The minimum Gasteiger partial charge on any atom is -0.0791 e. The molecule has 0 aliphatic heterocycles. The first-order valence-electron chi connectivity index (χ1n) is 10.3. The predicted octanol–water partition coefficient (Wildman–Crippen LogP) is 6.21. The van der Waals surface area contributed by atoms with Crippen molar-refractivity contribution in [1.29, 1.82) is 0 Å². The Hall–Kier alpha value is -2.60. The van der Waals surface area contributed by atoms with Gasteiger partial charge in [-0.3, -0.25) is 0 Å². The van der Waals surface area contributed by atoms with Gasteiger partial charge < -0.3 is 0 Å². The topological polar surface area (TPSA) is 0 Å². The molecule has 0 aromatic heterocycles. The third-order valence-corrected chi connectivity index (χ3v) is 8.14. The lowest BCUT2D eigenvalue weighted by atomic mass is 9.45. The molecular formula is C27H22. The zero-order valence-electron chi connectivity index (χ0n) is 15.4. The summed E-state index contributed by atoms with van der Waals surface area (Å²) < 4.78 is 0. The molecule has 0 saturated heterocycles. The van der Waals surface area contributed by atoms with Crippen LogP contribution in [-0.4, -0.2) is 0 Å². The first-order chi connectivity index (χ1) is 13.4. The zero-order valence-corrected chi connectivity index (χ0v) is 15.4. The molecular weight excluding hydrogens is 324 g/mol. The van der Waals surface area contributed by atoms with Crippen molar-refractivity contribution in [3.05, 3.63) is 118 Å². The normalized spacial score (nSPS) is 33.6. The maximum atomic E-state index is 2.63. The highest BCUT2D eigenvalue weighted by molar-refractivity contribution is 5.69. The van der Waals surface area contributed by atoms with Crippen molar-refractivity contribution in [2.75, 3.05) is 0 Å². The van der Waals surface area contributed by atoms with Crippen LogP contribution in [0.3, 0.4) is 0 Å². The van der Waals surface area contributed by atoms with Gasteiger partial charge in [-0.05, 0) is 46.2 Å². The van der Waals surface area contributed by atoms with Crippen LogP contribution in [0.15, 0.2) is 84.9 Å². The van der Waals surface area contributed by atoms with E-state index in [2.05, 4.69) is 84.9 Å². The number of hydrogen-bond donors (Lipinski definition) is 0. The van der Waals surface area contributed by atoms with Gasteiger partial charge in [-0.25, -0.2) is 0 Å². The Morgan fingerprint density at radius 3 is 1.93 bits per heavy atom. The van der Waals surface area contributed by atoms with Crippen molar-refractivity contribution >= 4 is 0 Å². The van der Waals surface area contributed by atoms with E-state index in [0.717, 1.165) is 0 Å². The summed E-state index contributed by atoms with van der Waals surface area (Å²) in [6.45, 7) is 0. The Morgan fingerprint density at radius 2 is 1.22 bits per heavy atom. The second-order valence-corrected chi connectivity index (χ2v) is 8.85. The molecule has 0 radical (unpaired) electrons. The molecule has 5 aliphatic rings. The van der Waals surface area contributed by atoms with Crippen LogP contribution < -0.4 is 0 Å². The van der Waals surface area contributed by atoms with E-state index >= 15 is 0 Å². The van der Waals surface area contributed by atoms with Crippen LogP contribution in [0, 0.1) is 0 Å². The van der Waals surface area contributed by atoms with Crippen LogP contribution in [0.1, 0.15) is 64.5 Å². The number of benzene rings is 3. The van der Waals surface area contributed by atoms with Crippen LogP contribution in [0.25, 0.3) is 0 Å². The quantitative estimate of drug-likeness (QED) is 0.425. The Labute approximate surface area is 160 Å². The fourth-order valence-electron chi connectivity index (χ4n) is 7.37. The summed E-state index contributed by atoms with van der Waals surface area (Å²) in [4.78, 5) is 0. The molecule has 8 rings (SSSR count). The summed E-state index contributed by atoms with van der Waals surface area (Å²) in [5.41, 5.74) is 9.71. The van der Waals surface area contributed by atoms with Crippen molar-refractivity contribution < 1.29 is 0 Å². The Kier molecular flexibility index (Phi) is 2.47. The zero-order chi connectivity index (χ0) is 17.6. The molecule has 0 N–H and O–H groups in total. The summed E-state index contributed by atoms with van der Waals surface area (Å²) >= 11 is 0. The molecule has 130 valence electrons. The molecule has 0 unspecified atom stereocenters. The molecule has 2 atom stereocenters. The number of hydrogen-bond acceptors (Lipinski definition) is 0. The Bertz CT molecular complexity index is 1090. The van der Waals surface area contributed by atoms with E-state index in [-0.39, 0.29) is 10.8 Å². The average Bonchev–Trinajstić information content (AvgIpc) is 3.06. The molecule has 4 bridgehead atoms. The van der Waals surface area contributed by atoms with Crippen LogP contribution >= 0.6 is 0 Å². The van der Waals surface area contributed by atoms with Crippen molar-refractivity contribution in [3.63, 3.8) is 0 Å². The summed E-state index contributed by atoms with van der Waals surface area (Å²) in [5.74, 6) is 0.868. The summed E-state index contributed by atoms with van der Waals surface area (Å²) in [7, 11) is 0. The molecule has 3 aromatic carbocycles. The van der Waals surface area contributed by atoms with Crippen LogP contribution in [-0.2, 0) is 10.8 Å². The summed E-state index contributed by atoms with van der Waals surface area (Å²) in [6.07, 6.45) is 8.99. The van der Waals surface area contributed by atoms with Gasteiger partial charge in [0.15, 0.2) is 0 Å². The van der Waals surface area contributed by atoms with Gasteiger partial charge in [0.05, 0.1) is 0 Å². The summed E-state index contributed by atoms with van der Waals surface area (Å²) in [5, 5.41) is 0. The Morgan fingerprint density at radius 1 is 0.630 bits per heavy atom. The van der Waals surface area contributed by atoms with Crippen molar-refractivity contribution in [2.24, 2.45) is 0 Å². The first-order valence-corrected chi connectivity index (χ1v) is 10.3. The second-order valence-electron chi connectivity index (χ2n) is 8.85. The van der Waals surface area contributed by atoms with Crippen LogP contribution in [0.5, 0.6) is 0 Å². The monoisotopic (exact) mass is 346 g/mol. The lowest BCUT2D eigenvalue weighted by molar-refractivity contribution is 0.330. The maximum absolute atomic E-state index is 2.63. The van der Waals surface area contributed by atoms with Gasteiger partial charge >= 0.3 is 0 Å². The van der Waals surface area contributed by atoms with Crippen molar-refractivity contribution in [3.8, 4) is 0 Å². The molecule has 0 heteroatoms. The fourth-order valence-corrected chi connectivity index (χ4v) is 7.37. The predicted molar refractivity (Wildman–Crippen MR) is 109 cm³/mol. The minimum atomic E-state index is 0.0781. The molecule has 5 aliphatic carbocycles. The minimum absolute atomic E-state index is 0.0781. The molecule has 2 spiro atoms. The van der Waals surface area contributed by atoms with E-state index in [0.29, 0.717) is 11.8 Å². The molecule has 27 heavy (non-hydrogen) atoms. The lowest BCUT2D eigenvalue weighted by Crippen LogP contribution is -2.52. The van der Waals surface area contributed by atoms with Crippen LogP contribution in [0.4, 0.5) is 0 Å². The van der Waals surface area contributed by atoms with Gasteiger partial charge in [0.25, 0.3) is 0 Å². The van der Waals surface area contributed by atoms with Gasteiger partial charge in [0, 0.05) is 22.7 Å². The Balaban J connectivity index is 1.74. The van der Waals surface area contributed by atoms with E-state index in [1.807, 2.05) is 0 Å². The van der Waals surface area contributed by atoms with Crippen molar-refractivity contribution in [2.45, 2.75) is 41.9 Å². The number of allylic oxidation sites excluding steroid dienone is 2. The van der Waals surface area contributed by atoms with Gasteiger partial charge in [-0.1, -0.05) is 91.4 Å². The van der Waals surface area contributed by atoms with Crippen molar-refractivity contribution in [1.82, 2.24) is 0 Å².